The molecule has 4 atom stereocenters. The van der Waals surface area contributed by atoms with Gasteiger partial charge in [-0.25, -0.2) is 10.9 Å². The lowest BCUT2D eigenvalue weighted by Crippen LogP contribution is -2.40. The maximum Gasteiger partial charge on any atom is 0.200 e. The van der Waals surface area contributed by atoms with Crippen LogP contribution in [0.25, 0.3) is 0 Å². The second-order valence-corrected chi connectivity index (χ2v) is 6.28. The van der Waals surface area contributed by atoms with Crippen LogP contribution in [0, 0.1) is 17.2 Å². The normalized spacial score (nSPS) is 27.5. The van der Waals surface area contributed by atoms with Gasteiger partial charge in [-0.2, -0.15) is 5.26 Å². The Hall–Kier alpha value is -3.28. The number of fused-ring (bicyclic) bond motifs is 1. The molecule has 0 spiro atoms. The average Bonchev–Trinajstić information content (AvgIpc) is 3.07. The van der Waals surface area contributed by atoms with Crippen LogP contribution in [0.3, 0.4) is 0 Å². The molecular weight excluding hydrogens is 334 g/mol. The third kappa shape index (κ3) is 2.50. The number of benzene rings is 1. The second-order valence-electron chi connectivity index (χ2n) is 6.28. The van der Waals surface area contributed by atoms with Crippen LogP contribution in [0.15, 0.2) is 54.2 Å². The second kappa shape index (κ2) is 6.22. The lowest BCUT2D eigenvalue weighted by molar-refractivity contribution is 0.0340. The summed E-state index contributed by atoms with van der Waals surface area (Å²) in [6, 6.07) is 10.3. The van der Waals surface area contributed by atoms with Crippen molar-refractivity contribution < 1.29 is 14.9 Å². The Balaban J connectivity index is 1.84. The summed E-state index contributed by atoms with van der Waals surface area (Å²) in [5, 5.41) is 29.2. The Morgan fingerprint density at radius 1 is 1.08 bits per heavy atom. The Bertz CT molecular complexity index is 909. The van der Waals surface area contributed by atoms with Crippen LogP contribution in [0.5, 0.6) is 11.5 Å². The molecule has 6 N–H and O–H groups in total. The van der Waals surface area contributed by atoms with Crippen molar-refractivity contribution in [1.82, 2.24) is 15.8 Å². The van der Waals surface area contributed by atoms with Gasteiger partial charge in [0.05, 0.1) is 11.6 Å². The first-order valence-corrected chi connectivity index (χ1v) is 8.09. The molecule has 0 aliphatic carbocycles. The number of nitrogens with one attached hydrogen (secondary N) is 2. The largest absolute Gasteiger partial charge is 0.504 e. The molecule has 132 valence electrons. The van der Waals surface area contributed by atoms with Gasteiger partial charge in [0.2, 0.25) is 5.88 Å². The molecule has 4 rings (SSSR count). The van der Waals surface area contributed by atoms with Crippen molar-refractivity contribution in [3.05, 3.63) is 65.3 Å². The van der Waals surface area contributed by atoms with Crippen LogP contribution in [-0.4, -0.2) is 21.4 Å². The quantitative estimate of drug-likeness (QED) is 0.507. The minimum absolute atomic E-state index is 0.0518. The average molecular weight is 351 g/mol. The maximum absolute atomic E-state index is 9.93. The first-order chi connectivity index (χ1) is 12.6. The minimum atomic E-state index is -0.453. The number of nitriles is 1. The number of ether oxygens (including phenoxy) is 1. The van der Waals surface area contributed by atoms with Crippen LogP contribution < -0.4 is 16.6 Å². The highest BCUT2D eigenvalue weighted by Crippen LogP contribution is 2.48. The van der Waals surface area contributed by atoms with E-state index >= 15 is 0 Å². The molecule has 0 amide bonds. The van der Waals surface area contributed by atoms with Crippen LogP contribution in [-0.2, 0) is 4.74 Å². The smallest absolute Gasteiger partial charge is 0.200 e. The van der Waals surface area contributed by atoms with E-state index < -0.39 is 12.1 Å². The molecule has 0 radical (unpaired) electrons. The third-order valence-corrected chi connectivity index (χ3v) is 4.88. The number of phenolic OH excluding ortho intramolecular Hbond substituents is 2. The van der Waals surface area contributed by atoms with Gasteiger partial charge in [-0.3, -0.25) is 4.98 Å². The number of hydrogen-bond acceptors (Lipinski definition) is 8. The van der Waals surface area contributed by atoms with Crippen LogP contribution >= 0.6 is 0 Å². The van der Waals surface area contributed by atoms with E-state index in [-0.39, 0.29) is 29.3 Å². The third-order valence-electron chi connectivity index (χ3n) is 4.88. The van der Waals surface area contributed by atoms with Gasteiger partial charge >= 0.3 is 0 Å². The molecule has 2 aromatic rings. The van der Waals surface area contributed by atoms with Gasteiger partial charge in [-0.15, -0.1) is 0 Å². The molecule has 2 aliphatic heterocycles. The van der Waals surface area contributed by atoms with Crippen molar-refractivity contribution >= 4 is 0 Å². The summed E-state index contributed by atoms with van der Waals surface area (Å²) in [5.41, 5.74) is 14.2. The Morgan fingerprint density at radius 3 is 2.54 bits per heavy atom. The zero-order chi connectivity index (χ0) is 18.3. The number of aromatic nitrogens is 1. The van der Waals surface area contributed by atoms with Gasteiger partial charge < -0.3 is 20.7 Å². The van der Waals surface area contributed by atoms with Gasteiger partial charge in [0, 0.05) is 24.2 Å². The fourth-order valence-corrected chi connectivity index (χ4v) is 3.68. The Kier molecular flexibility index (Phi) is 3.88. The van der Waals surface area contributed by atoms with Gasteiger partial charge in [-0.05, 0) is 35.4 Å². The number of nitrogens with two attached hydrogens (primary N) is 1. The van der Waals surface area contributed by atoms with E-state index in [0.717, 1.165) is 5.56 Å². The molecule has 26 heavy (non-hydrogen) atoms. The van der Waals surface area contributed by atoms with Crippen molar-refractivity contribution in [2.45, 2.75) is 18.2 Å². The molecule has 2 aliphatic rings. The van der Waals surface area contributed by atoms with Gasteiger partial charge in [0.1, 0.15) is 6.07 Å². The van der Waals surface area contributed by atoms with Crippen molar-refractivity contribution in [3.8, 4) is 17.6 Å². The fourth-order valence-electron chi connectivity index (χ4n) is 3.68. The molecule has 3 heterocycles. The molecule has 8 nitrogen and oxygen atoms in total. The molecule has 1 saturated heterocycles. The highest BCUT2D eigenvalue weighted by molar-refractivity contribution is 5.48. The van der Waals surface area contributed by atoms with Crippen molar-refractivity contribution in [3.63, 3.8) is 0 Å². The SMILES string of the molecule is N#CC1=C(N)OC2NNC(c3ccncc3)C2C1c1ccc(O)c(O)c1. The molecule has 4 unspecified atom stereocenters. The van der Waals surface area contributed by atoms with E-state index in [2.05, 4.69) is 21.9 Å². The first kappa shape index (κ1) is 16.2. The van der Waals surface area contributed by atoms with Crippen LogP contribution in [0.4, 0.5) is 0 Å². The number of aromatic hydroxyl groups is 2. The molecule has 1 aromatic carbocycles. The zero-order valence-corrected chi connectivity index (χ0v) is 13.6. The highest BCUT2D eigenvalue weighted by Gasteiger charge is 2.49. The standard InChI is InChI=1S/C18H17N5O3/c19-8-11-14(10-1-2-12(24)13(25)7-10)15-16(9-3-5-21-6-4-9)22-23-18(15)26-17(11)20/h1-7,14-16,18,22-25H,20H2. The summed E-state index contributed by atoms with van der Waals surface area (Å²) >= 11 is 0. The summed E-state index contributed by atoms with van der Waals surface area (Å²) < 4.78 is 5.70. The molecule has 1 aromatic heterocycles. The van der Waals surface area contributed by atoms with Crippen molar-refractivity contribution in [2.24, 2.45) is 11.7 Å². The summed E-state index contributed by atoms with van der Waals surface area (Å²) in [7, 11) is 0. The van der Waals surface area contributed by atoms with E-state index in [0.29, 0.717) is 11.1 Å². The Labute approximate surface area is 149 Å². The van der Waals surface area contributed by atoms with E-state index in [9.17, 15) is 15.5 Å². The number of hydrogen-bond donors (Lipinski definition) is 5. The number of phenols is 2. The number of rotatable bonds is 2. The summed E-state index contributed by atoms with van der Waals surface area (Å²) in [6.07, 6.45) is 2.95. The number of nitrogens with zero attached hydrogens (tertiary/aromatic N) is 2. The highest BCUT2D eigenvalue weighted by atomic mass is 16.5. The predicted octanol–water partition coefficient (Wildman–Crippen LogP) is 1.09. The van der Waals surface area contributed by atoms with E-state index in [1.807, 2.05) is 12.1 Å². The molecular formula is C18H17N5O3. The van der Waals surface area contributed by atoms with Gasteiger partial charge in [0.25, 0.3) is 0 Å². The number of hydrazine groups is 1. The monoisotopic (exact) mass is 351 g/mol. The zero-order valence-electron chi connectivity index (χ0n) is 13.6. The lowest BCUT2D eigenvalue weighted by Gasteiger charge is -2.36. The summed E-state index contributed by atoms with van der Waals surface area (Å²) in [6.45, 7) is 0. The number of allylic oxidation sites excluding steroid dienone is 1. The fraction of sp³-hybridized carbons (Fsp3) is 0.222. The van der Waals surface area contributed by atoms with Gasteiger partial charge in [-0.1, -0.05) is 6.07 Å². The molecule has 1 fully saturated rings. The predicted molar refractivity (Wildman–Crippen MR) is 91.0 cm³/mol. The number of pyridine rings is 1. The topological polar surface area (TPSA) is 136 Å². The maximum atomic E-state index is 9.93. The van der Waals surface area contributed by atoms with Crippen molar-refractivity contribution in [2.75, 3.05) is 0 Å². The minimum Gasteiger partial charge on any atom is -0.504 e. The lowest BCUT2D eigenvalue weighted by atomic mass is 9.74. The van der Waals surface area contributed by atoms with E-state index in [1.54, 1.807) is 18.5 Å². The molecule has 0 bridgehead atoms. The van der Waals surface area contributed by atoms with Crippen molar-refractivity contribution in [1.29, 1.82) is 5.26 Å². The van der Waals surface area contributed by atoms with E-state index in [1.165, 1.54) is 12.1 Å². The van der Waals surface area contributed by atoms with Gasteiger partial charge in [0.15, 0.2) is 17.7 Å². The first-order valence-electron chi connectivity index (χ1n) is 8.09. The van der Waals surface area contributed by atoms with Crippen LogP contribution in [0.2, 0.25) is 0 Å². The molecule has 8 heteroatoms. The van der Waals surface area contributed by atoms with Crippen LogP contribution in [0.1, 0.15) is 23.1 Å². The summed E-state index contributed by atoms with van der Waals surface area (Å²) in [4.78, 5) is 4.04. The molecule has 0 saturated carbocycles. The van der Waals surface area contributed by atoms with E-state index in [4.69, 9.17) is 10.5 Å². The summed E-state index contributed by atoms with van der Waals surface area (Å²) in [5.74, 6) is -1.05. The Morgan fingerprint density at radius 2 is 1.85 bits per heavy atom.